The van der Waals surface area contributed by atoms with Gasteiger partial charge in [0.15, 0.2) is 0 Å². The highest BCUT2D eigenvalue weighted by Gasteiger charge is 2.23. The first-order valence-electron chi connectivity index (χ1n) is 6.29. The highest BCUT2D eigenvalue weighted by Crippen LogP contribution is 2.19. The molecule has 0 bridgehead atoms. The molecule has 5 heteroatoms. The summed E-state index contributed by atoms with van der Waals surface area (Å²) >= 11 is 0. The number of amides is 1. The van der Waals surface area contributed by atoms with Crippen molar-refractivity contribution in [1.82, 2.24) is 5.32 Å². The van der Waals surface area contributed by atoms with Crippen molar-refractivity contribution in [3.63, 3.8) is 0 Å². The van der Waals surface area contributed by atoms with Gasteiger partial charge < -0.3 is 10.6 Å². The van der Waals surface area contributed by atoms with Crippen molar-refractivity contribution < 1.29 is 13.6 Å². The van der Waals surface area contributed by atoms with E-state index in [-0.39, 0.29) is 17.1 Å². The van der Waals surface area contributed by atoms with Gasteiger partial charge in [-0.2, -0.15) is 0 Å². The fourth-order valence-electron chi connectivity index (χ4n) is 1.45. The predicted molar refractivity (Wildman–Crippen MR) is 72.0 cm³/mol. The second-order valence-corrected chi connectivity index (χ2v) is 5.19. The molecule has 0 aromatic heterocycles. The molecule has 0 radical (unpaired) electrons. The third-order valence-electron chi connectivity index (χ3n) is 3.06. The van der Waals surface area contributed by atoms with Gasteiger partial charge in [-0.3, -0.25) is 4.79 Å². The van der Waals surface area contributed by atoms with Gasteiger partial charge >= 0.3 is 0 Å². The molecule has 0 saturated carbocycles. The molecule has 19 heavy (non-hydrogen) atoms. The quantitative estimate of drug-likeness (QED) is 0.863. The number of halogens is 2. The monoisotopic (exact) mass is 270 g/mol. The van der Waals surface area contributed by atoms with Crippen LogP contribution in [0.2, 0.25) is 0 Å². The standard InChI is InChI=1S/C14H20F2N2O/c1-5-14(3,4)18-13(19)9(2)17-12-10(15)7-6-8-11(12)16/h6-9,17H,5H2,1-4H3,(H,18,19). The molecule has 106 valence electrons. The number of carbonyl (C=O) groups is 1. The van der Waals surface area contributed by atoms with Gasteiger partial charge in [-0.15, -0.1) is 0 Å². The maximum absolute atomic E-state index is 13.4. The van der Waals surface area contributed by atoms with E-state index in [4.69, 9.17) is 0 Å². The van der Waals surface area contributed by atoms with E-state index in [1.807, 2.05) is 20.8 Å². The Hall–Kier alpha value is -1.65. The van der Waals surface area contributed by atoms with Crippen molar-refractivity contribution in [1.29, 1.82) is 0 Å². The minimum atomic E-state index is -0.725. The molecule has 1 rings (SSSR count). The van der Waals surface area contributed by atoms with Crippen molar-refractivity contribution in [3.05, 3.63) is 29.8 Å². The van der Waals surface area contributed by atoms with Crippen LogP contribution in [0.4, 0.5) is 14.5 Å². The van der Waals surface area contributed by atoms with Crippen LogP contribution >= 0.6 is 0 Å². The minimum absolute atomic E-state index is 0.278. The van der Waals surface area contributed by atoms with E-state index in [2.05, 4.69) is 10.6 Å². The molecule has 3 nitrogen and oxygen atoms in total. The first kappa shape index (κ1) is 15.4. The zero-order valence-electron chi connectivity index (χ0n) is 11.7. The molecule has 0 aliphatic heterocycles. The van der Waals surface area contributed by atoms with Crippen molar-refractivity contribution in [2.45, 2.75) is 45.7 Å². The molecule has 0 fully saturated rings. The summed E-state index contributed by atoms with van der Waals surface area (Å²) in [6.07, 6.45) is 0.763. The van der Waals surface area contributed by atoms with E-state index >= 15 is 0 Å². The normalized spacial score (nSPS) is 12.9. The SMILES string of the molecule is CCC(C)(C)NC(=O)C(C)Nc1c(F)cccc1F. The summed E-state index contributed by atoms with van der Waals surface area (Å²) in [7, 11) is 0. The number of benzene rings is 1. The van der Waals surface area contributed by atoms with E-state index in [1.165, 1.54) is 6.07 Å². The van der Waals surface area contributed by atoms with Crippen LogP contribution in [0.1, 0.15) is 34.1 Å². The Labute approximate surface area is 112 Å². The third kappa shape index (κ3) is 4.19. The van der Waals surface area contributed by atoms with Gasteiger partial charge in [0.05, 0.1) is 0 Å². The number of carbonyl (C=O) groups excluding carboxylic acids is 1. The maximum atomic E-state index is 13.4. The highest BCUT2D eigenvalue weighted by molar-refractivity contribution is 5.84. The molecule has 1 aromatic carbocycles. The van der Waals surface area contributed by atoms with Crippen LogP contribution in [0, 0.1) is 11.6 Å². The first-order chi connectivity index (χ1) is 8.76. The summed E-state index contributed by atoms with van der Waals surface area (Å²) in [4.78, 5) is 11.9. The summed E-state index contributed by atoms with van der Waals surface area (Å²) in [5.41, 5.74) is -0.625. The largest absolute Gasteiger partial charge is 0.369 e. The van der Waals surface area contributed by atoms with Gasteiger partial charge in [0, 0.05) is 5.54 Å². The summed E-state index contributed by atoms with van der Waals surface area (Å²) in [5, 5.41) is 5.38. The minimum Gasteiger partial charge on any atom is -0.369 e. The van der Waals surface area contributed by atoms with E-state index in [1.54, 1.807) is 6.92 Å². The second kappa shape index (κ2) is 5.99. The summed E-state index contributed by atoms with van der Waals surface area (Å²) in [5.74, 6) is -1.72. The van der Waals surface area contributed by atoms with E-state index in [0.717, 1.165) is 18.6 Å². The fraction of sp³-hybridized carbons (Fsp3) is 0.500. The Kier molecular flexibility index (Phi) is 4.86. The number of anilines is 1. The van der Waals surface area contributed by atoms with Crippen LogP contribution in [0.15, 0.2) is 18.2 Å². The molecule has 0 spiro atoms. The van der Waals surface area contributed by atoms with Gasteiger partial charge in [-0.25, -0.2) is 8.78 Å². The molecule has 0 aliphatic rings. The lowest BCUT2D eigenvalue weighted by Crippen LogP contribution is -2.48. The lowest BCUT2D eigenvalue weighted by Gasteiger charge is -2.27. The highest BCUT2D eigenvalue weighted by atomic mass is 19.1. The van der Waals surface area contributed by atoms with Gasteiger partial charge in [-0.1, -0.05) is 13.0 Å². The van der Waals surface area contributed by atoms with Crippen LogP contribution < -0.4 is 10.6 Å². The van der Waals surface area contributed by atoms with Gasteiger partial charge in [0.2, 0.25) is 5.91 Å². The average Bonchev–Trinajstić information content (AvgIpc) is 2.33. The molecule has 1 unspecified atom stereocenters. The summed E-state index contributed by atoms with van der Waals surface area (Å²) in [6, 6.07) is 2.84. The van der Waals surface area contributed by atoms with Crippen LogP contribution in [0.25, 0.3) is 0 Å². The first-order valence-corrected chi connectivity index (χ1v) is 6.29. The zero-order valence-corrected chi connectivity index (χ0v) is 11.7. The lowest BCUT2D eigenvalue weighted by atomic mass is 10.0. The van der Waals surface area contributed by atoms with Crippen LogP contribution in [-0.4, -0.2) is 17.5 Å². The molecule has 1 aromatic rings. The summed E-state index contributed by atoms with van der Waals surface area (Å²) in [6.45, 7) is 7.30. The van der Waals surface area contributed by atoms with Crippen LogP contribution in [0.5, 0.6) is 0 Å². The lowest BCUT2D eigenvalue weighted by molar-refractivity contribution is -0.123. The van der Waals surface area contributed by atoms with Crippen molar-refractivity contribution >= 4 is 11.6 Å². The Morgan fingerprint density at radius 2 is 1.84 bits per heavy atom. The number of hydrogen-bond donors (Lipinski definition) is 2. The molecule has 0 heterocycles. The predicted octanol–water partition coefficient (Wildman–Crippen LogP) is 3.07. The number of para-hydroxylation sites is 1. The Bertz CT molecular complexity index is 441. The smallest absolute Gasteiger partial charge is 0.242 e. The summed E-state index contributed by atoms with van der Waals surface area (Å²) < 4.78 is 26.9. The third-order valence-corrected chi connectivity index (χ3v) is 3.06. The van der Waals surface area contributed by atoms with Crippen molar-refractivity contribution in [2.24, 2.45) is 0 Å². The average molecular weight is 270 g/mol. The molecule has 0 aliphatic carbocycles. The van der Waals surface area contributed by atoms with Gasteiger partial charge in [0.25, 0.3) is 0 Å². The Morgan fingerprint density at radius 1 is 1.32 bits per heavy atom. The Morgan fingerprint density at radius 3 is 2.32 bits per heavy atom. The molecular formula is C14H20F2N2O. The van der Waals surface area contributed by atoms with E-state index in [9.17, 15) is 13.6 Å². The van der Waals surface area contributed by atoms with E-state index in [0.29, 0.717) is 0 Å². The molecule has 1 amide bonds. The number of hydrogen-bond acceptors (Lipinski definition) is 2. The van der Waals surface area contributed by atoms with Gasteiger partial charge in [0.1, 0.15) is 23.4 Å². The molecule has 0 saturated heterocycles. The maximum Gasteiger partial charge on any atom is 0.242 e. The van der Waals surface area contributed by atoms with Crippen molar-refractivity contribution in [3.8, 4) is 0 Å². The zero-order chi connectivity index (χ0) is 14.6. The van der Waals surface area contributed by atoms with Gasteiger partial charge in [-0.05, 0) is 39.3 Å². The fourth-order valence-corrected chi connectivity index (χ4v) is 1.45. The second-order valence-electron chi connectivity index (χ2n) is 5.19. The molecule has 2 N–H and O–H groups in total. The van der Waals surface area contributed by atoms with Crippen molar-refractivity contribution in [2.75, 3.05) is 5.32 Å². The van der Waals surface area contributed by atoms with Crippen LogP contribution in [-0.2, 0) is 4.79 Å². The molecule has 1 atom stereocenters. The van der Waals surface area contributed by atoms with E-state index < -0.39 is 17.7 Å². The molecular weight excluding hydrogens is 250 g/mol. The topological polar surface area (TPSA) is 41.1 Å². The Balaban J connectivity index is 2.75. The number of rotatable bonds is 5. The number of nitrogens with one attached hydrogen (secondary N) is 2. The van der Waals surface area contributed by atoms with Crippen LogP contribution in [0.3, 0.4) is 0 Å².